The van der Waals surface area contributed by atoms with E-state index in [-0.39, 0.29) is 11.3 Å². The van der Waals surface area contributed by atoms with E-state index in [0.717, 1.165) is 5.56 Å². The first kappa shape index (κ1) is 27.4. The number of hydrogen-bond donors (Lipinski definition) is 0. The van der Waals surface area contributed by atoms with Gasteiger partial charge in [-0.25, -0.2) is 22.0 Å². The van der Waals surface area contributed by atoms with Gasteiger partial charge in [-0.2, -0.15) is 10.5 Å². The first-order valence-electron chi connectivity index (χ1n) is 8.51. The Kier molecular flexibility index (Phi) is 9.39. The van der Waals surface area contributed by atoms with Gasteiger partial charge >= 0.3 is 6.98 Å². The minimum absolute atomic E-state index is 0.0360. The van der Waals surface area contributed by atoms with Crippen LogP contribution in [0.5, 0.6) is 0 Å². The standard InChI is InChI=1S/C14H11N2OS.C6BF8/c1-18(17,10-8-14(11-15)12-16)9-7-13-5-3-2-4-6-13;8-2-1(7(13,14)15)3(9)5(11)6(12)4(2)10/h2-6,8H,10H2,1H3;/q+1;-1. The molecular weight excluding hydrogens is 479 g/mol. The third kappa shape index (κ3) is 7.78. The molecule has 0 fully saturated rings. The Balaban J connectivity index is 0.000000335. The van der Waals surface area contributed by atoms with E-state index >= 15 is 0 Å². The largest absolute Gasteiger partial charge is 0.515 e. The second-order valence-corrected chi connectivity index (χ2v) is 8.71. The summed E-state index contributed by atoms with van der Waals surface area (Å²) < 4.78 is 110. The van der Waals surface area contributed by atoms with Crippen molar-refractivity contribution >= 4 is 22.4 Å². The third-order valence-electron chi connectivity index (χ3n) is 3.60. The Labute approximate surface area is 184 Å². The molecule has 0 spiro atoms. The molecule has 172 valence electrons. The molecule has 1 atom stereocenters. The quantitative estimate of drug-likeness (QED) is 0.121. The summed E-state index contributed by atoms with van der Waals surface area (Å²) in [5.74, 6) is -10.6. The molecule has 13 heteroatoms. The van der Waals surface area contributed by atoms with Gasteiger partial charge in [0.15, 0.2) is 32.6 Å². The van der Waals surface area contributed by atoms with Crippen LogP contribution in [-0.4, -0.2) is 19.0 Å². The average molecular weight is 490 g/mol. The van der Waals surface area contributed by atoms with Crippen LogP contribution < -0.4 is 5.46 Å². The number of allylic oxidation sites excluding steroid dienone is 1. The van der Waals surface area contributed by atoms with Gasteiger partial charge in [-0.1, -0.05) is 22.4 Å². The average Bonchev–Trinajstić information content (AvgIpc) is 2.76. The minimum Gasteiger partial charge on any atom is -0.445 e. The highest BCUT2D eigenvalue weighted by Gasteiger charge is 2.37. The molecular formula is C20H11BF8N2OS. The fraction of sp³-hybridized carbons (Fsp3) is 0.100. The summed E-state index contributed by atoms with van der Waals surface area (Å²) in [6, 6.07) is 12.7. The lowest BCUT2D eigenvalue weighted by Crippen LogP contribution is -2.41. The van der Waals surface area contributed by atoms with Crippen LogP contribution in [0.2, 0.25) is 0 Å². The van der Waals surface area contributed by atoms with Crippen molar-refractivity contribution < 1.29 is 39.1 Å². The summed E-state index contributed by atoms with van der Waals surface area (Å²) in [6.07, 6.45) is 2.88. The summed E-state index contributed by atoms with van der Waals surface area (Å²) in [6.45, 7) is -6.30. The lowest BCUT2D eigenvalue weighted by Gasteiger charge is -2.17. The first-order valence-corrected chi connectivity index (χ1v) is 10.6. The SMILES string of the molecule is C[S+](=O)(C#Cc1ccccc1)CC=C(C#N)C#N.Fc1c(F)c(F)c([B-](F)(F)F)c(F)c1F. The molecule has 3 nitrogen and oxygen atoms in total. The molecule has 0 saturated heterocycles. The lowest BCUT2D eigenvalue weighted by molar-refractivity contribution is 0.377. The van der Waals surface area contributed by atoms with Crippen LogP contribution in [0, 0.1) is 62.9 Å². The number of nitrogens with zero attached hydrogens (tertiary/aromatic N) is 2. The van der Waals surface area contributed by atoms with Crippen LogP contribution in [0.4, 0.5) is 34.9 Å². The van der Waals surface area contributed by atoms with Crippen molar-refractivity contribution in [3.05, 3.63) is 76.6 Å². The summed E-state index contributed by atoms with van der Waals surface area (Å²) in [4.78, 5) is 0. The third-order valence-corrected chi connectivity index (χ3v) is 4.94. The normalized spacial score (nSPS) is 12.0. The van der Waals surface area contributed by atoms with Gasteiger partial charge in [-0.05, 0) is 29.6 Å². The minimum atomic E-state index is -6.30. The summed E-state index contributed by atoms with van der Waals surface area (Å²) in [7, 11) is -2.38. The fourth-order valence-corrected chi connectivity index (χ4v) is 2.90. The smallest absolute Gasteiger partial charge is 0.445 e. The highest BCUT2D eigenvalue weighted by atomic mass is 32.2. The molecule has 0 radical (unpaired) electrons. The fourth-order valence-electron chi connectivity index (χ4n) is 2.00. The van der Waals surface area contributed by atoms with Crippen molar-refractivity contribution in [1.29, 1.82) is 10.5 Å². The highest BCUT2D eigenvalue weighted by Crippen LogP contribution is 2.21. The van der Waals surface area contributed by atoms with Crippen molar-refractivity contribution in [3.8, 4) is 23.3 Å². The molecule has 0 aliphatic rings. The Bertz CT molecular complexity index is 1210. The van der Waals surface area contributed by atoms with E-state index in [2.05, 4.69) is 11.2 Å². The topological polar surface area (TPSA) is 64.7 Å². The molecule has 2 rings (SSSR count). The molecule has 1 unspecified atom stereocenters. The van der Waals surface area contributed by atoms with Crippen LogP contribution in [0.15, 0.2) is 42.0 Å². The number of nitriles is 2. The van der Waals surface area contributed by atoms with E-state index in [0.29, 0.717) is 0 Å². The van der Waals surface area contributed by atoms with Crippen molar-refractivity contribution in [2.45, 2.75) is 0 Å². The van der Waals surface area contributed by atoms with Crippen molar-refractivity contribution in [2.24, 2.45) is 0 Å². The van der Waals surface area contributed by atoms with E-state index < -0.39 is 51.5 Å². The van der Waals surface area contributed by atoms with E-state index in [1.54, 1.807) is 12.1 Å². The van der Waals surface area contributed by atoms with Crippen molar-refractivity contribution in [1.82, 2.24) is 0 Å². The Morgan fingerprint density at radius 3 is 1.79 bits per heavy atom. The molecule has 33 heavy (non-hydrogen) atoms. The molecule has 0 saturated carbocycles. The zero-order valence-corrected chi connectivity index (χ0v) is 17.3. The van der Waals surface area contributed by atoms with Crippen molar-refractivity contribution in [3.63, 3.8) is 0 Å². The Morgan fingerprint density at radius 2 is 1.36 bits per heavy atom. The van der Waals surface area contributed by atoms with Gasteiger partial charge in [0.25, 0.3) is 0 Å². The van der Waals surface area contributed by atoms with Crippen LogP contribution in [-0.2, 0) is 14.1 Å². The maximum absolute atomic E-state index is 12.5. The van der Waals surface area contributed by atoms with Gasteiger partial charge in [0.05, 0.1) is 0 Å². The second-order valence-electron chi connectivity index (χ2n) is 6.16. The predicted octanol–water partition coefficient (Wildman–Crippen LogP) is 4.53. The first-order chi connectivity index (χ1) is 15.2. The summed E-state index contributed by atoms with van der Waals surface area (Å²) in [5.41, 5.74) is -1.98. The Morgan fingerprint density at radius 1 is 0.909 bits per heavy atom. The summed E-state index contributed by atoms with van der Waals surface area (Å²) >= 11 is 0. The van der Waals surface area contributed by atoms with Gasteiger partial charge in [0.1, 0.15) is 41.4 Å². The number of benzene rings is 2. The molecule has 2 aromatic rings. The van der Waals surface area contributed by atoms with Crippen LogP contribution in [0.25, 0.3) is 0 Å². The number of rotatable bonds is 3. The molecule has 0 heterocycles. The maximum Gasteiger partial charge on any atom is 0.515 e. The van der Waals surface area contributed by atoms with Crippen LogP contribution in [0.1, 0.15) is 5.56 Å². The van der Waals surface area contributed by atoms with Crippen LogP contribution in [0.3, 0.4) is 0 Å². The highest BCUT2D eigenvalue weighted by molar-refractivity contribution is 8.06. The number of halogens is 8. The molecule has 2 aromatic carbocycles. The van der Waals surface area contributed by atoms with E-state index in [9.17, 15) is 39.1 Å². The van der Waals surface area contributed by atoms with Gasteiger partial charge < -0.3 is 12.9 Å². The zero-order valence-electron chi connectivity index (χ0n) is 16.5. The molecule has 0 amide bonds. The lowest BCUT2D eigenvalue weighted by atomic mass is 9.79. The molecule has 0 N–H and O–H groups in total. The maximum atomic E-state index is 12.5. The Hall–Kier alpha value is -3.63. The van der Waals surface area contributed by atoms with E-state index in [1.807, 2.05) is 30.3 Å². The number of hydrogen-bond acceptors (Lipinski definition) is 3. The summed E-state index contributed by atoms with van der Waals surface area (Å²) in [5, 5.41) is 19.8. The van der Waals surface area contributed by atoms with Crippen molar-refractivity contribution in [2.75, 3.05) is 12.0 Å². The van der Waals surface area contributed by atoms with Gasteiger partial charge in [0, 0.05) is 5.56 Å². The predicted molar refractivity (Wildman–Crippen MR) is 106 cm³/mol. The van der Waals surface area contributed by atoms with Gasteiger partial charge in [-0.15, -0.1) is 0 Å². The van der Waals surface area contributed by atoms with Crippen LogP contribution >= 0.6 is 0 Å². The molecule has 0 bridgehead atoms. The second kappa shape index (κ2) is 11.3. The monoisotopic (exact) mass is 490 g/mol. The van der Waals surface area contributed by atoms with E-state index in [1.165, 1.54) is 12.3 Å². The van der Waals surface area contributed by atoms with E-state index in [4.69, 9.17) is 10.5 Å². The zero-order chi connectivity index (χ0) is 25.4. The molecule has 0 aliphatic carbocycles. The molecule has 0 aliphatic heterocycles. The molecule has 0 aromatic heterocycles. The van der Waals surface area contributed by atoms with Gasteiger partial charge in [-0.3, -0.25) is 0 Å². The van der Waals surface area contributed by atoms with Gasteiger partial charge in [0.2, 0.25) is 0 Å².